The average Bonchev–Trinajstić information content (AvgIpc) is 2.82. The van der Waals surface area contributed by atoms with Crippen molar-refractivity contribution in [2.75, 3.05) is 0 Å². The zero-order valence-corrected chi connectivity index (χ0v) is 19.9. The molecule has 1 N–H and O–H groups in total. The third-order valence-corrected chi connectivity index (χ3v) is 5.29. The highest BCUT2D eigenvalue weighted by Gasteiger charge is 1.97. The molecule has 0 fully saturated rings. The molecule has 0 radical (unpaired) electrons. The van der Waals surface area contributed by atoms with E-state index in [0.29, 0.717) is 6.42 Å². The van der Waals surface area contributed by atoms with Gasteiger partial charge in [0, 0.05) is 6.42 Å². The van der Waals surface area contributed by atoms with E-state index in [1.165, 1.54) is 70.6 Å². The van der Waals surface area contributed by atoms with Crippen molar-refractivity contribution in [3.63, 3.8) is 0 Å². The van der Waals surface area contributed by atoms with Gasteiger partial charge in [-0.3, -0.25) is 4.79 Å². The summed E-state index contributed by atoms with van der Waals surface area (Å²) in [6.07, 6.45) is 17.3. The molecule has 4 heteroatoms. The van der Waals surface area contributed by atoms with Gasteiger partial charge in [-0.15, -0.1) is 0 Å². The van der Waals surface area contributed by atoms with E-state index in [4.69, 9.17) is 5.11 Å². The molecule has 0 aromatic heterocycles. The van der Waals surface area contributed by atoms with Crippen LogP contribution in [0.15, 0.2) is 70.9 Å². The van der Waals surface area contributed by atoms with E-state index in [2.05, 4.69) is 17.2 Å². The topological polar surface area (TPSA) is 62.0 Å². The Morgan fingerprint density at radius 3 is 1.28 bits per heavy atom. The van der Waals surface area contributed by atoms with E-state index in [9.17, 15) is 4.79 Å². The van der Waals surface area contributed by atoms with Crippen molar-refractivity contribution in [3.05, 3.63) is 60.7 Å². The molecule has 0 saturated heterocycles. The van der Waals surface area contributed by atoms with Crippen molar-refractivity contribution >= 4 is 17.3 Å². The van der Waals surface area contributed by atoms with Crippen LogP contribution in [0.4, 0.5) is 11.4 Å². The van der Waals surface area contributed by atoms with Crippen molar-refractivity contribution in [2.45, 2.75) is 96.8 Å². The Balaban J connectivity index is 0.000000328. The van der Waals surface area contributed by atoms with Crippen molar-refractivity contribution in [3.8, 4) is 0 Å². The summed E-state index contributed by atoms with van der Waals surface area (Å²) in [6.45, 7) is 2.26. The Kier molecular flexibility index (Phi) is 17.6. The summed E-state index contributed by atoms with van der Waals surface area (Å²) in [4.78, 5) is 10.3. The van der Waals surface area contributed by atoms with Crippen LogP contribution in [0.2, 0.25) is 0 Å². The number of rotatable bonds is 16. The first-order valence-corrected chi connectivity index (χ1v) is 12.5. The van der Waals surface area contributed by atoms with Crippen LogP contribution in [0.5, 0.6) is 0 Å². The molecule has 0 spiro atoms. The van der Waals surface area contributed by atoms with Gasteiger partial charge in [0.2, 0.25) is 0 Å². The normalized spacial score (nSPS) is 10.7. The Morgan fingerprint density at radius 1 is 0.594 bits per heavy atom. The minimum Gasteiger partial charge on any atom is -0.481 e. The van der Waals surface area contributed by atoms with Crippen molar-refractivity contribution in [1.29, 1.82) is 0 Å². The summed E-state index contributed by atoms with van der Waals surface area (Å²) in [5.41, 5.74) is 1.74. The minimum absolute atomic E-state index is 0.345. The van der Waals surface area contributed by atoms with Gasteiger partial charge in [-0.2, -0.15) is 10.2 Å². The number of aliphatic carboxylic acids is 1. The number of unbranched alkanes of at least 4 members (excludes halogenated alkanes) is 12. The van der Waals surface area contributed by atoms with E-state index < -0.39 is 5.97 Å². The van der Waals surface area contributed by atoms with Crippen molar-refractivity contribution in [2.24, 2.45) is 10.2 Å². The number of carbonyl (C=O) groups is 1. The van der Waals surface area contributed by atoms with Gasteiger partial charge >= 0.3 is 5.97 Å². The Labute approximate surface area is 195 Å². The van der Waals surface area contributed by atoms with E-state index in [-0.39, 0.29) is 0 Å². The highest BCUT2D eigenvalue weighted by atomic mass is 16.4. The molecule has 0 heterocycles. The van der Waals surface area contributed by atoms with Gasteiger partial charge in [-0.25, -0.2) is 0 Å². The second-order valence-electron chi connectivity index (χ2n) is 8.26. The molecular weight excluding hydrogens is 396 g/mol. The summed E-state index contributed by atoms with van der Waals surface area (Å²) < 4.78 is 0. The Hall–Kier alpha value is -2.49. The Bertz CT molecular complexity index is 660. The maximum Gasteiger partial charge on any atom is 0.303 e. The van der Waals surface area contributed by atoms with E-state index in [0.717, 1.165) is 24.2 Å². The summed E-state index contributed by atoms with van der Waals surface area (Å²) in [5.74, 6) is -0.655. The Morgan fingerprint density at radius 2 is 0.938 bits per heavy atom. The molecule has 0 bridgehead atoms. The van der Waals surface area contributed by atoms with Gasteiger partial charge < -0.3 is 5.11 Å². The summed E-state index contributed by atoms with van der Waals surface area (Å²) in [6, 6.07) is 19.4. The molecule has 176 valence electrons. The molecule has 0 atom stereocenters. The molecule has 0 aliphatic carbocycles. The predicted molar refractivity (Wildman–Crippen MR) is 135 cm³/mol. The second kappa shape index (κ2) is 20.4. The molecule has 32 heavy (non-hydrogen) atoms. The number of nitrogens with zero attached hydrogens (tertiary/aromatic N) is 2. The largest absolute Gasteiger partial charge is 0.481 e. The molecule has 0 aliphatic rings. The van der Waals surface area contributed by atoms with Crippen LogP contribution in [0.1, 0.15) is 96.8 Å². The first-order chi connectivity index (χ1) is 15.7. The number of hydrogen-bond acceptors (Lipinski definition) is 3. The zero-order valence-electron chi connectivity index (χ0n) is 19.9. The van der Waals surface area contributed by atoms with Crippen LogP contribution in [-0.2, 0) is 4.79 Å². The lowest BCUT2D eigenvalue weighted by Crippen LogP contribution is -1.93. The van der Waals surface area contributed by atoms with Gasteiger partial charge in [0.25, 0.3) is 0 Å². The third kappa shape index (κ3) is 17.2. The van der Waals surface area contributed by atoms with Gasteiger partial charge in [-0.1, -0.05) is 120 Å². The van der Waals surface area contributed by atoms with Crippen LogP contribution < -0.4 is 0 Å². The first kappa shape index (κ1) is 27.5. The van der Waals surface area contributed by atoms with Gasteiger partial charge in [0.1, 0.15) is 0 Å². The molecule has 0 aliphatic heterocycles. The predicted octanol–water partition coefficient (Wildman–Crippen LogP) is 9.65. The average molecular weight is 439 g/mol. The summed E-state index contributed by atoms with van der Waals surface area (Å²) in [5, 5.41) is 16.7. The summed E-state index contributed by atoms with van der Waals surface area (Å²) >= 11 is 0. The lowest BCUT2D eigenvalue weighted by atomic mass is 10.0. The fourth-order valence-corrected chi connectivity index (χ4v) is 3.40. The molecule has 4 nitrogen and oxygen atoms in total. The lowest BCUT2D eigenvalue weighted by Gasteiger charge is -2.02. The van der Waals surface area contributed by atoms with E-state index in [1.807, 2.05) is 60.7 Å². The van der Waals surface area contributed by atoms with Crippen LogP contribution in [0, 0.1) is 0 Å². The highest BCUT2D eigenvalue weighted by molar-refractivity contribution is 5.66. The van der Waals surface area contributed by atoms with Crippen LogP contribution in [0.3, 0.4) is 0 Å². The molecular formula is C28H42N2O2. The third-order valence-electron chi connectivity index (χ3n) is 5.29. The second-order valence-corrected chi connectivity index (χ2v) is 8.26. The van der Waals surface area contributed by atoms with Crippen molar-refractivity contribution in [1.82, 2.24) is 0 Å². The lowest BCUT2D eigenvalue weighted by molar-refractivity contribution is -0.137. The SMILES string of the molecule is CCCCCCCCCCCCCCCC(=O)O.c1ccc(N=Nc2ccccc2)cc1. The molecule has 2 aromatic rings. The quantitative estimate of drug-likeness (QED) is 0.209. The minimum atomic E-state index is -0.655. The van der Waals surface area contributed by atoms with E-state index >= 15 is 0 Å². The van der Waals surface area contributed by atoms with Crippen molar-refractivity contribution < 1.29 is 9.90 Å². The maximum atomic E-state index is 10.3. The van der Waals surface area contributed by atoms with Gasteiger partial charge in [0.15, 0.2) is 0 Å². The number of benzene rings is 2. The number of carboxylic acids is 1. The highest BCUT2D eigenvalue weighted by Crippen LogP contribution is 2.16. The van der Waals surface area contributed by atoms with Crippen LogP contribution in [0.25, 0.3) is 0 Å². The molecule has 2 aromatic carbocycles. The summed E-state index contributed by atoms with van der Waals surface area (Å²) in [7, 11) is 0. The van der Waals surface area contributed by atoms with Gasteiger partial charge in [0.05, 0.1) is 11.4 Å². The van der Waals surface area contributed by atoms with Gasteiger partial charge in [-0.05, 0) is 30.7 Å². The fourth-order valence-electron chi connectivity index (χ4n) is 3.40. The maximum absolute atomic E-state index is 10.3. The fraction of sp³-hybridized carbons (Fsp3) is 0.536. The first-order valence-electron chi connectivity index (χ1n) is 12.5. The molecule has 2 rings (SSSR count). The smallest absolute Gasteiger partial charge is 0.303 e. The molecule has 0 unspecified atom stereocenters. The zero-order chi connectivity index (χ0) is 23.1. The number of hydrogen-bond donors (Lipinski definition) is 1. The molecule has 0 amide bonds. The molecule has 0 saturated carbocycles. The number of carboxylic acid groups (broad SMARTS) is 1. The van der Waals surface area contributed by atoms with E-state index in [1.54, 1.807) is 0 Å². The van der Waals surface area contributed by atoms with Crippen LogP contribution in [-0.4, -0.2) is 11.1 Å². The van der Waals surface area contributed by atoms with Crippen LogP contribution >= 0.6 is 0 Å². The standard InChI is InChI=1S/C16H32O2.C12H10N2/c1-2-3-4-5-6-7-8-9-10-11-12-13-14-15-16(17)18;1-3-7-11(8-4-1)13-14-12-9-5-2-6-10-12/h2-15H2,1H3,(H,17,18);1-10H. The monoisotopic (exact) mass is 438 g/mol. The number of azo groups is 1.